The van der Waals surface area contributed by atoms with Gasteiger partial charge in [-0.1, -0.05) is 0 Å². The number of amidine groups is 1. The van der Waals surface area contributed by atoms with E-state index in [1.54, 1.807) is 13.8 Å². The first-order chi connectivity index (χ1) is 6.91. The highest BCUT2D eigenvalue weighted by molar-refractivity contribution is 7.81. The topological polar surface area (TPSA) is 61.7 Å². The summed E-state index contributed by atoms with van der Waals surface area (Å²) in [5, 5.41) is 12.0. The molecule has 1 heterocycles. The van der Waals surface area contributed by atoms with E-state index in [0.29, 0.717) is 0 Å². The van der Waals surface area contributed by atoms with E-state index in [9.17, 15) is 4.79 Å². The van der Waals surface area contributed by atoms with Crippen molar-refractivity contribution in [2.45, 2.75) is 43.9 Å². The Morgan fingerprint density at radius 1 is 1.60 bits per heavy atom. The fourth-order valence-corrected chi connectivity index (χ4v) is 1.70. The Labute approximate surface area is 95.6 Å². The predicted octanol–water partition coefficient (Wildman–Crippen LogP) is 1.32. The molecule has 15 heavy (non-hydrogen) atoms. The Balaban J connectivity index is 2.66. The molecule has 0 bridgehead atoms. The second-order valence-electron chi connectivity index (χ2n) is 4.35. The molecule has 1 atom stereocenters. The Kier molecular flexibility index (Phi) is 4.02. The van der Waals surface area contributed by atoms with Crippen LogP contribution in [0.4, 0.5) is 0 Å². The number of nitrogens with zero attached hydrogens (tertiary/aromatic N) is 1. The van der Waals surface area contributed by atoms with E-state index in [1.165, 1.54) is 0 Å². The van der Waals surface area contributed by atoms with E-state index in [4.69, 9.17) is 5.11 Å². The molecule has 1 aliphatic heterocycles. The van der Waals surface area contributed by atoms with Crippen molar-refractivity contribution in [2.75, 3.05) is 6.54 Å². The van der Waals surface area contributed by atoms with Crippen molar-refractivity contribution in [3.63, 3.8) is 0 Å². The van der Waals surface area contributed by atoms with Crippen LogP contribution in [-0.2, 0) is 4.79 Å². The summed E-state index contributed by atoms with van der Waals surface area (Å²) in [4.78, 5) is 15.3. The van der Waals surface area contributed by atoms with Crippen molar-refractivity contribution in [3.8, 4) is 0 Å². The summed E-state index contributed by atoms with van der Waals surface area (Å²) >= 11 is 4.29. The largest absolute Gasteiger partial charge is 0.480 e. The second-order valence-corrected chi connectivity index (χ2v) is 5.51. The third-order valence-corrected chi connectivity index (χ3v) is 2.65. The lowest BCUT2D eigenvalue weighted by Gasteiger charge is -2.29. The monoisotopic (exact) mass is 230 g/mol. The van der Waals surface area contributed by atoms with Gasteiger partial charge >= 0.3 is 5.97 Å². The fraction of sp³-hybridized carbons (Fsp3) is 0.800. The van der Waals surface area contributed by atoms with Gasteiger partial charge in [-0.05, 0) is 26.7 Å². The minimum Gasteiger partial charge on any atom is -0.480 e. The fourth-order valence-electron chi connectivity index (χ4n) is 1.52. The Morgan fingerprint density at radius 3 is 2.67 bits per heavy atom. The number of nitrogens with one attached hydrogen (secondary N) is 1. The molecule has 0 aromatic heterocycles. The SMILES string of the molecule is CC(C)(S)C(NC1=NCCCC1)C(=O)O. The first-order valence-electron chi connectivity index (χ1n) is 5.16. The summed E-state index contributed by atoms with van der Waals surface area (Å²) in [5.41, 5.74) is 0. The number of carbonyl (C=O) groups is 1. The maximum absolute atomic E-state index is 11.1. The molecule has 0 spiro atoms. The van der Waals surface area contributed by atoms with Crippen LogP contribution in [0.2, 0.25) is 0 Å². The predicted molar refractivity (Wildman–Crippen MR) is 63.8 cm³/mol. The summed E-state index contributed by atoms with van der Waals surface area (Å²) in [6, 6.07) is -0.697. The van der Waals surface area contributed by atoms with Gasteiger partial charge in [0.25, 0.3) is 0 Å². The van der Waals surface area contributed by atoms with Gasteiger partial charge in [-0.3, -0.25) is 4.99 Å². The van der Waals surface area contributed by atoms with E-state index < -0.39 is 16.8 Å². The highest BCUT2D eigenvalue weighted by Crippen LogP contribution is 2.18. The van der Waals surface area contributed by atoms with Crippen molar-refractivity contribution >= 4 is 24.4 Å². The third-order valence-electron chi connectivity index (χ3n) is 2.39. The van der Waals surface area contributed by atoms with Gasteiger partial charge in [0, 0.05) is 17.7 Å². The van der Waals surface area contributed by atoms with Gasteiger partial charge < -0.3 is 10.4 Å². The number of carboxylic acids is 1. The summed E-state index contributed by atoms with van der Waals surface area (Å²) in [6.07, 6.45) is 3.01. The minimum absolute atomic E-state index is 0.605. The number of aliphatic carboxylic acids is 1. The van der Waals surface area contributed by atoms with Gasteiger partial charge in [-0.25, -0.2) is 4.79 Å². The molecular formula is C10H18N2O2S. The number of aliphatic imine (C=N–C) groups is 1. The van der Waals surface area contributed by atoms with E-state index in [2.05, 4.69) is 22.9 Å². The number of thiol groups is 1. The first kappa shape index (κ1) is 12.4. The molecule has 0 saturated carbocycles. The van der Waals surface area contributed by atoms with Gasteiger partial charge in [0.15, 0.2) is 0 Å². The molecule has 0 radical (unpaired) electrons. The second kappa shape index (κ2) is 4.88. The Morgan fingerprint density at radius 2 is 2.27 bits per heavy atom. The van der Waals surface area contributed by atoms with Gasteiger partial charge in [0.05, 0.1) is 5.84 Å². The van der Waals surface area contributed by atoms with Crippen LogP contribution in [-0.4, -0.2) is 34.2 Å². The van der Waals surface area contributed by atoms with Crippen LogP contribution in [0.3, 0.4) is 0 Å². The van der Waals surface area contributed by atoms with E-state index >= 15 is 0 Å². The van der Waals surface area contributed by atoms with Crippen LogP contribution in [0.25, 0.3) is 0 Å². The number of rotatable bonds is 3. The molecule has 0 aliphatic carbocycles. The third kappa shape index (κ3) is 3.74. The van der Waals surface area contributed by atoms with Crippen LogP contribution in [0.1, 0.15) is 33.1 Å². The zero-order valence-electron chi connectivity index (χ0n) is 9.16. The van der Waals surface area contributed by atoms with Gasteiger partial charge in [-0.15, -0.1) is 0 Å². The van der Waals surface area contributed by atoms with Crippen LogP contribution < -0.4 is 5.32 Å². The zero-order chi connectivity index (χ0) is 11.5. The van der Waals surface area contributed by atoms with Crippen molar-refractivity contribution in [1.29, 1.82) is 0 Å². The normalized spacial score (nSPS) is 19.3. The highest BCUT2D eigenvalue weighted by Gasteiger charge is 2.32. The average molecular weight is 230 g/mol. The molecule has 0 aromatic carbocycles. The van der Waals surface area contributed by atoms with Crippen LogP contribution in [0.5, 0.6) is 0 Å². The maximum Gasteiger partial charge on any atom is 0.327 e. The first-order valence-corrected chi connectivity index (χ1v) is 5.61. The summed E-state index contributed by atoms with van der Waals surface area (Å²) in [7, 11) is 0. The molecule has 1 aliphatic rings. The van der Waals surface area contributed by atoms with E-state index in [1.807, 2.05) is 0 Å². The lowest BCUT2D eigenvalue weighted by molar-refractivity contribution is -0.139. The number of hydrogen-bond donors (Lipinski definition) is 3. The summed E-state index contributed by atoms with van der Waals surface area (Å²) in [5.74, 6) is -0.0842. The Bertz CT molecular complexity index is 271. The Hall–Kier alpha value is -0.710. The minimum atomic E-state index is -0.886. The summed E-state index contributed by atoms with van der Waals surface area (Å²) < 4.78 is -0.605. The molecule has 0 aromatic rings. The molecule has 5 heteroatoms. The lowest BCUT2D eigenvalue weighted by atomic mass is 10.0. The van der Waals surface area contributed by atoms with Crippen molar-refractivity contribution in [1.82, 2.24) is 5.32 Å². The summed E-state index contributed by atoms with van der Waals surface area (Å²) in [6.45, 7) is 4.36. The quantitative estimate of drug-likeness (QED) is 0.641. The highest BCUT2D eigenvalue weighted by atomic mass is 32.1. The molecule has 86 valence electrons. The molecule has 0 saturated heterocycles. The maximum atomic E-state index is 11.1. The van der Waals surface area contributed by atoms with Crippen molar-refractivity contribution in [3.05, 3.63) is 0 Å². The molecule has 1 unspecified atom stereocenters. The molecule has 1 rings (SSSR count). The molecule has 0 fully saturated rings. The zero-order valence-corrected chi connectivity index (χ0v) is 10.1. The molecule has 2 N–H and O–H groups in total. The smallest absolute Gasteiger partial charge is 0.327 e. The standard InChI is InChI=1S/C10H18N2O2S/c1-10(2,15)8(9(13)14)12-7-5-3-4-6-11-7/h8,15H,3-6H2,1-2H3,(H,11,12)(H,13,14). The van der Waals surface area contributed by atoms with Crippen LogP contribution in [0.15, 0.2) is 4.99 Å². The lowest BCUT2D eigenvalue weighted by Crippen LogP contribution is -2.51. The number of hydrogen-bond acceptors (Lipinski definition) is 4. The van der Waals surface area contributed by atoms with E-state index in [-0.39, 0.29) is 0 Å². The number of carboxylic acid groups (broad SMARTS) is 1. The molecule has 4 nitrogen and oxygen atoms in total. The van der Waals surface area contributed by atoms with Gasteiger partial charge in [0.2, 0.25) is 0 Å². The van der Waals surface area contributed by atoms with Gasteiger partial charge in [0.1, 0.15) is 6.04 Å². The van der Waals surface area contributed by atoms with E-state index in [0.717, 1.165) is 31.6 Å². The van der Waals surface area contributed by atoms with Crippen molar-refractivity contribution in [2.24, 2.45) is 4.99 Å². The molecule has 0 amide bonds. The molecular weight excluding hydrogens is 212 g/mol. The average Bonchev–Trinajstić information content (AvgIpc) is 2.13. The van der Waals surface area contributed by atoms with Gasteiger partial charge in [-0.2, -0.15) is 12.6 Å². The van der Waals surface area contributed by atoms with Crippen LogP contribution in [0, 0.1) is 0 Å². The van der Waals surface area contributed by atoms with Crippen molar-refractivity contribution < 1.29 is 9.90 Å². The van der Waals surface area contributed by atoms with Crippen LogP contribution >= 0.6 is 12.6 Å².